The van der Waals surface area contributed by atoms with E-state index in [4.69, 9.17) is 21.1 Å². The molecule has 0 fully saturated rings. The van der Waals surface area contributed by atoms with Crippen LogP contribution in [0.3, 0.4) is 0 Å². The van der Waals surface area contributed by atoms with Gasteiger partial charge in [-0.05, 0) is 12.8 Å². The third kappa shape index (κ3) is 8.31. The van der Waals surface area contributed by atoms with Crippen molar-refractivity contribution in [2.45, 2.75) is 57.8 Å². The number of nitrogens with two attached hydrogens (primary N) is 1. The molecular weight excluding hydrogens is 376 g/mol. The second-order valence-corrected chi connectivity index (χ2v) is 6.38. The van der Waals surface area contributed by atoms with Gasteiger partial charge in [0.05, 0.1) is 19.1 Å². The zero-order valence-corrected chi connectivity index (χ0v) is 16.0. The monoisotopic (exact) mass is 404 g/mol. The largest absolute Gasteiger partial charge is 0.481 e. The minimum absolute atomic E-state index is 0.132. The molecule has 12 nitrogen and oxygen atoms in total. The van der Waals surface area contributed by atoms with Crippen LogP contribution in [-0.2, 0) is 24.0 Å². The topological polar surface area (TPSA) is 208 Å². The summed E-state index contributed by atoms with van der Waals surface area (Å²) in [6, 6.07) is -5.24. The van der Waals surface area contributed by atoms with Crippen LogP contribution in [0, 0.1) is 5.92 Å². The number of nitrogens with one attached hydrogen (secondary N) is 3. The molecule has 0 saturated heterocycles. The highest BCUT2D eigenvalue weighted by atomic mass is 16.4. The molecule has 0 heterocycles. The maximum Gasteiger partial charge on any atom is 0.328 e. The summed E-state index contributed by atoms with van der Waals surface area (Å²) >= 11 is 0. The number of carbonyl (C=O) groups is 5. The SMILES string of the molecule is CCC(C)C(N)C(=O)NC(C)C(=O)NC(CC(=O)O)C(=O)NC(CO)C(=O)O. The molecule has 0 aliphatic heterocycles. The third-order valence-corrected chi connectivity index (χ3v) is 4.12. The Morgan fingerprint density at radius 3 is 1.86 bits per heavy atom. The highest BCUT2D eigenvalue weighted by Gasteiger charge is 2.30. The van der Waals surface area contributed by atoms with Crippen LogP contribution in [0.2, 0.25) is 0 Å². The summed E-state index contributed by atoms with van der Waals surface area (Å²) in [5.74, 6) is -5.63. The molecule has 0 aliphatic carbocycles. The summed E-state index contributed by atoms with van der Waals surface area (Å²) < 4.78 is 0. The van der Waals surface area contributed by atoms with Crippen molar-refractivity contribution >= 4 is 29.7 Å². The van der Waals surface area contributed by atoms with Gasteiger partial charge >= 0.3 is 11.9 Å². The van der Waals surface area contributed by atoms with Crippen LogP contribution in [-0.4, -0.2) is 75.8 Å². The average Bonchev–Trinajstić information content (AvgIpc) is 2.62. The minimum atomic E-state index is -1.66. The van der Waals surface area contributed by atoms with Crippen LogP contribution in [0.1, 0.15) is 33.6 Å². The van der Waals surface area contributed by atoms with Crippen LogP contribution >= 0.6 is 0 Å². The van der Waals surface area contributed by atoms with E-state index in [9.17, 15) is 24.0 Å². The van der Waals surface area contributed by atoms with Crippen LogP contribution < -0.4 is 21.7 Å². The highest BCUT2D eigenvalue weighted by molar-refractivity contribution is 5.95. The summed E-state index contributed by atoms with van der Waals surface area (Å²) in [7, 11) is 0. The van der Waals surface area contributed by atoms with Crippen LogP contribution in [0.25, 0.3) is 0 Å². The summed E-state index contributed by atoms with van der Waals surface area (Å²) in [6.45, 7) is 4.01. The Hall–Kier alpha value is -2.73. The molecule has 5 unspecified atom stereocenters. The molecule has 0 aromatic heterocycles. The lowest BCUT2D eigenvalue weighted by Crippen LogP contribution is -2.57. The molecule has 0 saturated carbocycles. The normalized spacial score (nSPS) is 16.0. The standard InChI is InChI=1S/C16H28N4O8/c1-4-7(2)12(17)15(26)18-8(3)13(24)19-9(5-11(22)23)14(25)20-10(6-21)16(27)28/h7-10,12,21H,4-6,17H2,1-3H3,(H,18,26)(H,19,24)(H,20,25)(H,22,23)(H,27,28). The average molecular weight is 404 g/mol. The maximum atomic E-state index is 12.2. The molecule has 0 aromatic carbocycles. The Morgan fingerprint density at radius 2 is 1.43 bits per heavy atom. The molecule has 5 atom stereocenters. The molecule has 0 aromatic rings. The predicted molar refractivity (Wildman–Crippen MR) is 95.9 cm³/mol. The summed E-state index contributed by atoms with van der Waals surface area (Å²) in [5, 5.41) is 33.1. The van der Waals surface area contributed by atoms with Crippen molar-refractivity contribution in [3.63, 3.8) is 0 Å². The molecular formula is C16H28N4O8. The van der Waals surface area contributed by atoms with Crippen molar-refractivity contribution in [1.82, 2.24) is 16.0 Å². The number of aliphatic hydroxyl groups excluding tert-OH is 1. The van der Waals surface area contributed by atoms with Gasteiger partial charge in [0.15, 0.2) is 0 Å². The van der Waals surface area contributed by atoms with E-state index in [1.165, 1.54) is 6.92 Å². The summed E-state index contributed by atoms with van der Waals surface area (Å²) in [4.78, 5) is 58.2. The van der Waals surface area contributed by atoms with E-state index in [0.29, 0.717) is 6.42 Å². The van der Waals surface area contributed by atoms with Crippen LogP contribution in [0.4, 0.5) is 0 Å². The fraction of sp³-hybridized carbons (Fsp3) is 0.688. The maximum absolute atomic E-state index is 12.2. The first-order valence-corrected chi connectivity index (χ1v) is 8.66. The van der Waals surface area contributed by atoms with Gasteiger partial charge in [-0.3, -0.25) is 19.2 Å². The lowest BCUT2D eigenvalue weighted by molar-refractivity contribution is -0.144. The second kappa shape index (κ2) is 11.9. The number of carbonyl (C=O) groups excluding carboxylic acids is 3. The lowest BCUT2D eigenvalue weighted by atomic mass is 9.99. The van der Waals surface area contributed by atoms with E-state index in [2.05, 4.69) is 10.6 Å². The summed E-state index contributed by atoms with van der Waals surface area (Å²) in [6.07, 6.45) is -0.186. The van der Waals surface area contributed by atoms with Crippen molar-refractivity contribution in [2.24, 2.45) is 11.7 Å². The van der Waals surface area contributed by atoms with E-state index in [0.717, 1.165) is 0 Å². The van der Waals surface area contributed by atoms with Crippen LogP contribution in [0.5, 0.6) is 0 Å². The first kappa shape index (κ1) is 25.3. The molecule has 0 bridgehead atoms. The van der Waals surface area contributed by atoms with Gasteiger partial charge in [0.2, 0.25) is 17.7 Å². The predicted octanol–water partition coefficient (Wildman–Crippen LogP) is -2.61. The Balaban J connectivity index is 5.05. The molecule has 28 heavy (non-hydrogen) atoms. The number of aliphatic carboxylic acids is 2. The number of aliphatic hydroxyl groups is 1. The Morgan fingerprint density at radius 1 is 0.893 bits per heavy atom. The molecule has 0 aliphatic rings. The molecule has 0 radical (unpaired) electrons. The summed E-state index contributed by atoms with van der Waals surface area (Å²) in [5.41, 5.74) is 5.77. The van der Waals surface area contributed by atoms with Crippen molar-refractivity contribution in [2.75, 3.05) is 6.61 Å². The fourth-order valence-electron chi connectivity index (χ4n) is 2.03. The van der Waals surface area contributed by atoms with Gasteiger partial charge < -0.3 is 37.0 Å². The number of rotatable bonds is 12. The first-order valence-electron chi connectivity index (χ1n) is 8.66. The number of hydrogen-bond donors (Lipinski definition) is 7. The van der Waals surface area contributed by atoms with Gasteiger partial charge in [0.1, 0.15) is 18.1 Å². The zero-order chi connectivity index (χ0) is 22.0. The van der Waals surface area contributed by atoms with E-state index < -0.39 is 66.9 Å². The number of hydrogen-bond acceptors (Lipinski definition) is 7. The van der Waals surface area contributed by atoms with Gasteiger partial charge in [0.25, 0.3) is 0 Å². The van der Waals surface area contributed by atoms with Crippen molar-refractivity contribution in [1.29, 1.82) is 0 Å². The molecule has 160 valence electrons. The van der Waals surface area contributed by atoms with Crippen molar-refractivity contribution < 1.29 is 39.3 Å². The number of amides is 3. The smallest absolute Gasteiger partial charge is 0.328 e. The van der Waals surface area contributed by atoms with E-state index >= 15 is 0 Å². The van der Waals surface area contributed by atoms with Gasteiger partial charge in [-0.1, -0.05) is 20.3 Å². The second-order valence-electron chi connectivity index (χ2n) is 6.38. The van der Waals surface area contributed by atoms with Crippen molar-refractivity contribution in [3.8, 4) is 0 Å². The van der Waals surface area contributed by atoms with Crippen LogP contribution in [0.15, 0.2) is 0 Å². The third-order valence-electron chi connectivity index (χ3n) is 4.12. The van der Waals surface area contributed by atoms with Crippen molar-refractivity contribution in [3.05, 3.63) is 0 Å². The highest BCUT2D eigenvalue weighted by Crippen LogP contribution is 2.05. The minimum Gasteiger partial charge on any atom is -0.481 e. The molecule has 3 amide bonds. The van der Waals surface area contributed by atoms with Gasteiger partial charge in [-0.25, -0.2) is 4.79 Å². The Bertz CT molecular complexity index is 597. The molecule has 0 spiro atoms. The van der Waals surface area contributed by atoms with Gasteiger partial charge in [-0.15, -0.1) is 0 Å². The van der Waals surface area contributed by atoms with Gasteiger partial charge in [-0.2, -0.15) is 0 Å². The lowest BCUT2D eigenvalue weighted by Gasteiger charge is -2.23. The van der Waals surface area contributed by atoms with E-state index in [1.807, 2.05) is 12.2 Å². The molecule has 0 rings (SSSR count). The fourth-order valence-corrected chi connectivity index (χ4v) is 2.03. The van der Waals surface area contributed by atoms with E-state index in [1.54, 1.807) is 6.92 Å². The Labute approximate surface area is 161 Å². The quantitative estimate of drug-likeness (QED) is 0.181. The molecule has 8 N–H and O–H groups in total. The Kier molecular flexibility index (Phi) is 10.7. The molecule has 12 heteroatoms. The van der Waals surface area contributed by atoms with E-state index in [-0.39, 0.29) is 5.92 Å². The number of carboxylic acids is 2. The number of carboxylic acid groups (broad SMARTS) is 2. The first-order chi connectivity index (χ1) is 12.9. The van der Waals surface area contributed by atoms with Gasteiger partial charge in [0, 0.05) is 0 Å². The zero-order valence-electron chi connectivity index (χ0n) is 16.0.